The SMILES string of the molecule is CCCCc1ncc2c(n1)C(OC(C)(CC)C1CCCCCCCCCCC1)C2. The van der Waals surface area contributed by atoms with Gasteiger partial charge in [-0.2, -0.15) is 0 Å². The molecule has 0 amide bonds. The Morgan fingerprint density at radius 2 is 1.59 bits per heavy atom. The van der Waals surface area contributed by atoms with Gasteiger partial charge in [0.15, 0.2) is 0 Å². The summed E-state index contributed by atoms with van der Waals surface area (Å²) in [5, 5.41) is 0. The smallest absolute Gasteiger partial charge is 0.128 e. The molecule has 1 fully saturated rings. The number of rotatable bonds is 7. The summed E-state index contributed by atoms with van der Waals surface area (Å²) in [5.74, 6) is 1.68. The van der Waals surface area contributed by atoms with Gasteiger partial charge >= 0.3 is 0 Å². The van der Waals surface area contributed by atoms with Crippen molar-refractivity contribution in [3.63, 3.8) is 0 Å². The molecule has 0 bridgehead atoms. The van der Waals surface area contributed by atoms with Gasteiger partial charge in [0.1, 0.15) is 11.9 Å². The van der Waals surface area contributed by atoms with Crippen molar-refractivity contribution >= 4 is 0 Å². The molecule has 1 aromatic heterocycles. The van der Waals surface area contributed by atoms with Crippen molar-refractivity contribution in [2.45, 2.75) is 135 Å². The highest BCUT2D eigenvalue weighted by Crippen LogP contribution is 2.43. The fourth-order valence-corrected chi connectivity index (χ4v) is 5.18. The molecule has 2 atom stereocenters. The van der Waals surface area contributed by atoms with Crippen LogP contribution >= 0.6 is 0 Å². The van der Waals surface area contributed by atoms with Gasteiger partial charge in [-0.3, -0.25) is 0 Å². The van der Waals surface area contributed by atoms with E-state index in [9.17, 15) is 0 Å². The quantitative estimate of drug-likeness (QED) is 0.474. The van der Waals surface area contributed by atoms with Crippen molar-refractivity contribution in [1.82, 2.24) is 9.97 Å². The molecular weight excluding hydrogens is 356 g/mol. The molecule has 2 aliphatic rings. The fourth-order valence-electron chi connectivity index (χ4n) is 5.18. The number of ether oxygens (including phenoxy) is 1. The summed E-state index contributed by atoms with van der Waals surface area (Å²) in [5.41, 5.74) is 2.45. The molecule has 1 saturated carbocycles. The molecule has 0 radical (unpaired) electrons. The summed E-state index contributed by atoms with van der Waals surface area (Å²) in [7, 11) is 0. The minimum atomic E-state index is -0.0268. The third-order valence-electron chi connectivity index (χ3n) is 7.49. The van der Waals surface area contributed by atoms with Crippen molar-refractivity contribution in [2.75, 3.05) is 0 Å². The zero-order valence-corrected chi connectivity index (χ0v) is 19.3. The van der Waals surface area contributed by atoms with E-state index in [1.807, 2.05) is 6.20 Å². The summed E-state index contributed by atoms with van der Waals surface area (Å²) in [6.07, 6.45) is 23.0. The van der Waals surface area contributed by atoms with E-state index in [0.29, 0.717) is 5.92 Å². The number of aryl methyl sites for hydroxylation is 1. The molecule has 1 aromatic rings. The highest BCUT2D eigenvalue weighted by Gasteiger charge is 2.40. The summed E-state index contributed by atoms with van der Waals surface area (Å²) in [6, 6.07) is 0. The lowest BCUT2D eigenvalue weighted by molar-refractivity contribution is -0.135. The Morgan fingerprint density at radius 1 is 0.966 bits per heavy atom. The van der Waals surface area contributed by atoms with Crippen LogP contribution in [0.25, 0.3) is 0 Å². The van der Waals surface area contributed by atoms with Crippen molar-refractivity contribution in [1.29, 1.82) is 0 Å². The lowest BCUT2D eigenvalue weighted by Crippen LogP contribution is -2.41. The molecule has 0 aromatic carbocycles. The molecule has 0 aliphatic heterocycles. The molecule has 2 aliphatic carbocycles. The zero-order valence-electron chi connectivity index (χ0n) is 19.3. The van der Waals surface area contributed by atoms with E-state index in [1.165, 1.54) is 94.7 Å². The van der Waals surface area contributed by atoms with Crippen molar-refractivity contribution in [3.05, 3.63) is 23.3 Å². The Morgan fingerprint density at radius 3 is 2.17 bits per heavy atom. The highest BCUT2D eigenvalue weighted by molar-refractivity contribution is 5.31. The Kier molecular flexibility index (Phi) is 8.96. The van der Waals surface area contributed by atoms with E-state index in [-0.39, 0.29) is 11.7 Å². The molecule has 1 heterocycles. The molecule has 3 heteroatoms. The minimum Gasteiger partial charge on any atom is -0.365 e. The lowest BCUT2D eigenvalue weighted by atomic mass is 9.78. The Labute approximate surface area is 179 Å². The van der Waals surface area contributed by atoms with Gasteiger partial charge in [0, 0.05) is 19.0 Å². The third-order valence-corrected chi connectivity index (χ3v) is 7.49. The number of hydrogen-bond acceptors (Lipinski definition) is 3. The van der Waals surface area contributed by atoms with Gasteiger partial charge in [-0.25, -0.2) is 9.97 Å². The summed E-state index contributed by atoms with van der Waals surface area (Å²) in [4.78, 5) is 9.45. The molecule has 0 saturated heterocycles. The monoisotopic (exact) mass is 400 g/mol. The first-order valence-corrected chi connectivity index (χ1v) is 12.7. The molecule has 2 unspecified atom stereocenters. The molecule has 164 valence electrons. The van der Waals surface area contributed by atoms with Crippen LogP contribution < -0.4 is 0 Å². The van der Waals surface area contributed by atoms with Crippen LogP contribution in [0.5, 0.6) is 0 Å². The minimum absolute atomic E-state index is 0.0268. The second-order valence-electron chi connectivity index (χ2n) is 9.73. The van der Waals surface area contributed by atoms with Crippen LogP contribution in [0.3, 0.4) is 0 Å². The van der Waals surface area contributed by atoms with Crippen LogP contribution in [-0.4, -0.2) is 15.6 Å². The Bertz CT molecular complexity index is 605. The second kappa shape index (κ2) is 11.4. The number of aromatic nitrogens is 2. The predicted octanol–water partition coefficient (Wildman–Crippen LogP) is 7.52. The van der Waals surface area contributed by atoms with E-state index in [2.05, 4.69) is 25.8 Å². The summed E-state index contributed by atoms with van der Waals surface area (Å²) < 4.78 is 6.88. The molecule has 3 nitrogen and oxygen atoms in total. The summed E-state index contributed by atoms with van der Waals surface area (Å²) >= 11 is 0. The number of nitrogens with zero attached hydrogens (tertiary/aromatic N) is 2. The van der Waals surface area contributed by atoms with Gasteiger partial charge in [-0.05, 0) is 44.1 Å². The number of fused-ring (bicyclic) bond motifs is 1. The fraction of sp³-hybridized carbons (Fsp3) is 0.846. The number of unbranched alkanes of at least 4 members (excludes halogenated alkanes) is 1. The second-order valence-corrected chi connectivity index (χ2v) is 9.73. The maximum absolute atomic E-state index is 6.88. The van der Waals surface area contributed by atoms with Gasteiger partial charge in [-0.15, -0.1) is 0 Å². The molecule has 3 rings (SSSR count). The maximum Gasteiger partial charge on any atom is 0.128 e. The average Bonchev–Trinajstić information content (AvgIpc) is 2.71. The van der Waals surface area contributed by atoms with Crippen LogP contribution in [0.4, 0.5) is 0 Å². The molecule has 0 N–H and O–H groups in total. The van der Waals surface area contributed by atoms with Crippen LogP contribution in [0.1, 0.15) is 134 Å². The maximum atomic E-state index is 6.88. The summed E-state index contributed by atoms with van der Waals surface area (Å²) in [6.45, 7) is 6.94. The van der Waals surface area contributed by atoms with E-state index >= 15 is 0 Å². The normalized spacial score (nSPS) is 23.9. The van der Waals surface area contributed by atoms with Gasteiger partial charge in [0.05, 0.1) is 11.3 Å². The van der Waals surface area contributed by atoms with Gasteiger partial charge in [0.25, 0.3) is 0 Å². The first-order chi connectivity index (χ1) is 14.2. The Hall–Kier alpha value is -0.960. The van der Waals surface area contributed by atoms with Crippen LogP contribution in [-0.2, 0) is 17.6 Å². The average molecular weight is 401 g/mol. The molecular formula is C26H44N2O. The van der Waals surface area contributed by atoms with Gasteiger partial charge in [0.2, 0.25) is 0 Å². The van der Waals surface area contributed by atoms with E-state index in [1.54, 1.807) is 0 Å². The largest absolute Gasteiger partial charge is 0.365 e. The first kappa shape index (κ1) is 22.7. The first-order valence-electron chi connectivity index (χ1n) is 12.7. The van der Waals surface area contributed by atoms with E-state index < -0.39 is 0 Å². The van der Waals surface area contributed by atoms with Crippen molar-refractivity contribution in [2.24, 2.45) is 5.92 Å². The topological polar surface area (TPSA) is 35.0 Å². The van der Waals surface area contributed by atoms with E-state index in [0.717, 1.165) is 25.1 Å². The van der Waals surface area contributed by atoms with Crippen LogP contribution in [0.2, 0.25) is 0 Å². The predicted molar refractivity (Wildman–Crippen MR) is 121 cm³/mol. The molecule has 0 spiro atoms. The van der Waals surface area contributed by atoms with Gasteiger partial charge in [-0.1, -0.05) is 78.1 Å². The zero-order chi connectivity index (χ0) is 20.5. The lowest BCUT2D eigenvalue weighted by Gasteiger charge is -2.43. The van der Waals surface area contributed by atoms with Gasteiger partial charge < -0.3 is 4.74 Å². The standard InChI is InChI=1S/C26H44N2O/c1-4-6-18-24-27-20-21-19-23(25(21)28-24)29-26(3,5-2)22-16-14-12-10-8-7-9-11-13-15-17-22/h20,22-23H,4-19H2,1-3H3. The van der Waals surface area contributed by atoms with E-state index in [4.69, 9.17) is 9.72 Å². The Balaban J connectivity index is 1.64. The van der Waals surface area contributed by atoms with Crippen molar-refractivity contribution in [3.8, 4) is 0 Å². The third kappa shape index (κ3) is 6.26. The highest BCUT2D eigenvalue weighted by atomic mass is 16.5. The van der Waals surface area contributed by atoms with Crippen LogP contribution in [0.15, 0.2) is 6.20 Å². The van der Waals surface area contributed by atoms with Crippen molar-refractivity contribution < 1.29 is 4.74 Å². The molecule has 29 heavy (non-hydrogen) atoms. The number of hydrogen-bond donors (Lipinski definition) is 0. The van der Waals surface area contributed by atoms with Crippen LogP contribution in [0, 0.1) is 5.92 Å².